The summed E-state index contributed by atoms with van der Waals surface area (Å²) in [5.41, 5.74) is 0.941. The largest absolute Gasteiger partial charge is 0.483 e. The molecule has 0 unspecified atom stereocenters. The number of para-hydroxylation sites is 1. The predicted octanol–water partition coefficient (Wildman–Crippen LogP) is 2.81. The molecule has 116 valence electrons. The van der Waals surface area contributed by atoms with E-state index in [0.29, 0.717) is 23.1 Å². The van der Waals surface area contributed by atoms with Crippen LogP contribution in [0.5, 0.6) is 5.75 Å². The molecular weight excluding hydrogens is 302 g/mol. The molecule has 1 N–H and O–H groups in total. The molecule has 0 atom stereocenters. The average molecular weight is 320 g/mol. The van der Waals surface area contributed by atoms with Gasteiger partial charge in [-0.05, 0) is 18.2 Å². The van der Waals surface area contributed by atoms with Crippen molar-refractivity contribution in [3.8, 4) is 5.75 Å². The molecule has 1 amide bonds. The molecule has 0 bridgehead atoms. The lowest BCUT2D eigenvalue weighted by atomic mass is 10.2. The van der Waals surface area contributed by atoms with Crippen LogP contribution in [0.1, 0.15) is 5.56 Å². The van der Waals surface area contributed by atoms with Crippen molar-refractivity contribution in [3.05, 3.63) is 53.2 Å². The number of nitrogens with zero attached hydrogens (tertiary/aromatic N) is 2. The van der Waals surface area contributed by atoms with Crippen LogP contribution in [-0.2, 0) is 11.3 Å². The summed E-state index contributed by atoms with van der Waals surface area (Å²) in [4.78, 5) is 17.3. The van der Waals surface area contributed by atoms with E-state index in [-0.39, 0.29) is 12.5 Å². The van der Waals surface area contributed by atoms with E-state index in [9.17, 15) is 4.79 Å². The van der Waals surface area contributed by atoms with Crippen molar-refractivity contribution in [1.82, 2.24) is 9.88 Å². The number of hydrogen-bond acceptors (Lipinski definition) is 4. The van der Waals surface area contributed by atoms with Crippen molar-refractivity contribution < 1.29 is 9.53 Å². The van der Waals surface area contributed by atoms with Crippen molar-refractivity contribution >= 4 is 23.3 Å². The van der Waals surface area contributed by atoms with Gasteiger partial charge >= 0.3 is 0 Å². The van der Waals surface area contributed by atoms with Gasteiger partial charge in [-0.3, -0.25) is 4.79 Å². The number of carbonyl (C=O) groups is 1. The number of hydrogen-bond donors (Lipinski definition) is 1. The zero-order valence-electron chi connectivity index (χ0n) is 12.5. The highest BCUT2D eigenvalue weighted by molar-refractivity contribution is 6.30. The van der Waals surface area contributed by atoms with E-state index < -0.39 is 0 Å². The van der Waals surface area contributed by atoms with Crippen molar-refractivity contribution in [2.24, 2.45) is 0 Å². The van der Waals surface area contributed by atoms with Crippen molar-refractivity contribution in [1.29, 1.82) is 0 Å². The molecule has 0 aliphatic rings. The molecule has 1 aromatic heterocycles. The Balaban J connectivity index is 2.00. The van der Waals surface area contributed by atoms with Crippen LogP contribution in [0.3, 0.4) is 0 Å². The van der Waals surface area contributed by atoms with Gasteiger partial charge in [0.15, 0.2) is 6.61 Å². The third-order valence-electron chi connectivity index (χ3n) is 3.00. The fourth-order valence-electron chi connectivity index (χ4n) is 1.75. The van der Waals surface area contributed by atoms with Gasteiger partial charge in [-0.25, -0.2) is 4.98 Å². The zero-order valence-corrected chi connectivity index (χ0v) is 13.3. The normalized spacial score (nSPS) is 10.1. The first-order chi connectivity index (χ1) is 10.6. The first-order valence-electron chi connectivity index (χ1n) is 6.82. The Kier molecular flexibility index (Phi) is 5.61. The van der Waals surface area contributed by atoms with Crippen LogP contribution in [-0.4, -0.2) is 36.5 Å². The van der Waals surface area contributed by atoms with Gasteiger partial charge < -0.3 is 15.0 Å². The van der Waals surface area contributed by atoms with E-state index in [1.807, 2.05) is 24.3 Å². The summed E-state index contributed by atoms with van der Waals surface area (Å²) < 4.78 is 5.59. The fourth-order valence-corrected chi connectivity index (χ4v) is 1.91. The summed E-state index contributed by atoms with van der Waals surface area (Å²) in [6.07, 6.45) is 1.64. The van der Waals surface area contributed by atoms with Crippen molar-refractivity contribution in [3.63, 3.8) is 0 Å². The third-order valence-corrected chi connectivity index (χ3v) is 3.24. The Bertz CT molecular complexity index is 647. The monoisotopic (exact) mass is 319 g/mol. The van der Waals surface area contributed by atoms with Gasteiger partial charge in [0.1, 0.15) is 11.6 Å². The van der Waals surface area contributed by atoms with Crippen LogP contribution in [0, 0.1) is 0 Å². The molecule has 0 aliphatic carbocycles. The molecule has 0 saturated carbocycles. The molecule has 5 nitrogen and oxygen atoms in total. The third kappa shape index (κ3) is 4.63. The number of nitrogens with one attached hydrogen (secondary N) is 1. The van der Waals surface area contributed by atoms with Crippen LogP contribution in [0.2, 0.25) is 5.02 Å². The smallest absolute Gasteiger partial charge is 0.259 e. The summed E-state index contributed by atoms with van der Waals surface area (Å²) >= 11 is 5.93. The number of likely N-dealkylation sites (N-methyl/N-ethyl adjacent to an activating group) is 1. The van der Waals surface area contributed by atoms with Gasteiger partial charge in [-0.1, -0.05) is 29.8 Å². The van der Waals surface area contributed by atoms with Crippen molar-refractivity contribution in [2.45, 2.75) is 6.54 Å². The molecule has 0 aliphatic heterocycles. The molecule has 1 aromatic carbocycles. The number of aromatic nitrogens is 1. The number of halogens is 1. The van der Waals surface area contributed by atoms with E-state index in [0.717, 1.165) is 5.56 Å². The molecule has 0 saturated heterocycles. The topological polar surface area (TPSA) is 54.5 Å². The molecule has 1 heterocycles. The highest BCUT2D eigenvalue weighted by atomic mass is 35.5. The molecule has 0 fully saturated rings. The number of pyridine rings is 1. The van der Waals surface area contributed by atoms with E-state index in [4.69, 9.17) is 16.3 Å². The number of rotatable bonds is 6. The molecule has 22 heavy (non-hydrogen) atoms. The van der Waals surface area contributed by atoms with Crippen LogP contribution >= 0.6 is 11.6 Å². The van der Waals surface area contributed by atoms with E-state index in [1.54, 1.807) is 32.4 Å². The van der Waals surface area contributed by atoms with Gasteiger partial charge in [0.05, 0.1) is 0 Å². The van der Waals surface area contributed by atoms with Gasteiger partial charge in [0, 0.05) is 37.4 Å². The number of anilines is 1. The maximum atomic E-state index is 11.6. The molecule has 6 heteroatoms. The number of amides is 1. The zero-order chi connectivity index (χ0) is 15.9. The summed E-state index contributed by atoms with van der Waals surface area (Å²) in [7, 11) is 3.40. The molecule has 2 rings (SSSR count). The molecule has 0 radical (unpaired) electrons. The maximum absolute atomic E-state index is 11.6. The molecule has 2 aromatic rings. The Labute approximate surface area is 134 Å². The summed E-state index contributed by atoms with van der Waals surface area (Å²) in [6, 6.07) is 11.0. The molecule has 0 spiro atoms. The summed E-state index contributed by atoms with van der Waals surface area (Å²) in [5, 5.41) is 3.81. The van der Waals surface area contributed by atoms with Crippen LogP contribution in [0.15, 0.2) is 42.6 Å². The first kappa shape index (κ1) is 16.1. The number of carbonyl (C=O) groups excluding carboxylic acids is 1. The van der Waals surface area contributed by atoms with E-state index >= 15 is 0 Å². The first-order valence-corrected chi connectivity index (χ1v) is 7.20. The second-order valence-electron chi connectivity index (χ2n) is 4.90. The Morgan fingerprint density at radius 1 is 1.32 bits per heavy atom. The van der Waals surface area contributed by atoms with Crippen LogP contribution in [0.25, 0.3) is 0 Å². The van der Waals surface area contributed by atoms with E-state index in [2.05, 4.69) is 10.3 Å². The standard InChI is InChI=1S/C16H18ClN3O2/c1-20(2)16(21)11-22-14-6-4-3-5-12(14)10-19-15-9-13(17)7-8-18-15/h3-9H,10-11H2,1-2H3,(H,18,19). The van der Waals surface area contributed by atoms with E-state index in [1.165, 1.54) is 4.90 Å². The lowest BCUT2D eigenvalue weighted by molar-refractivity contribution is -0.130. The lowest BCUT2D eigenvalue weighted by Crippen LogP contribution is -2.27. The quantitative estimate of drug-likeness (QED) is 0.889. The minimum Gasteiger partial charge on any atom is -0.483 e. The number of benzene rings is 1. The Hall–Kier alpha value is -2.27. The fraction of sp³-hybridized carbons (Fsp3) is 0.250. The SMILES string of the molecule is CN(C)C(=O)COc1ccccc1CNc1cc(Cl)ccn1. The maximum Gasteiger partial charge on any atom is 0.259 e. The van der Waals surface area contributed by atoms with Gasteiger partial charge in [-0.2, -0.15) is 0 Å². The number of ether oxygens (including phenoxy) is 1. The van der Waals surface area contributed by atoms with Crippen LogP contribution < -0.4 is 10.1 Å². The minimum atomic E-state index is -0.0840. The second kappa shape index (κ2) is 7.66. The summed E-state index contributed by atoms with van der Waals surface area (Å²) in [5.74, 6) is 1.28. The Morgan fingerprint density at radius 2 is 2.09 bits per heavy atom. The van der Waals surface area contributed by atoms with Gasteiger partial charge in [-0.15, -0.1) is 0 Å². The predicted molar refractivity (Wildman–Crippen MR) is 87.2 cm³/mol. The minimum absolute atomic E-state index is 0.0133. The van der Waals surface area contributed by atoms with Gasteiger partial charge in [0.25, 0.3) is 5.91 Å². The molecular formula is C16H18ClN3O2. The van der Waals surface area contributed by atoms with Crippen molar-refractivity contribution in [2.75, 3.05) is 26.0 Å². The van der Waals surface area contributed by atoms with Gasteiger partial charge in [0.2, 0.25) is 0 Å². The highest BCUT2D eigenvalue weighted by Crippen LogP contribution is 2.20. The van der Waals surface area contributed by atoms with Crippen LogP contribution in [0.4, 0.5) is 5.82 Å². The highest BCUT2D eigenvalue weighted by Gasteiger charge is 2.08. The summed E-state index contributed by atoms with van der Waals surface area (Å²) in [6.45, 7) is 0.541. The lowest BCUT2D eigenvalue weighted by Gasteiger charge is -2.14. The average Bonchev–Trinajstić information content (AvgIpc) is 2.51. The second-order valence-corrected chi connectivity index (χ2v) is 5.33. The Morgan fingerprint density at radius 3 is 2.82 bits per heavy atom.